The summed E-state index contributed by atoms with van der Waals surface area (Å²) in [7, 11) is -1.65. The molecule has 0 unspecified atom stereocenters. The van der Waals surface area contributed by atoms with Gasteiger partial charge in [-0.15, -0.1) is 5.10 Å². The smallest absolute Gasteiger partial charge is 0.315 e. The number of sulfonamides is 1. The molecular weight excluding hydrogens is 298 g/mol. The lowest BCUT2D eigenvalue weighted by Crippen LogP contribution is -2.47. The molecule has 21 heavy (non-hydrogen) atoms. The van der Waals surface area contributed by atoms with Gasteiger partial charge in [-0.25, -0.2) is 13.1 Å². The van der Waals surface area contributed by atoms with Gasteiger partial charge in [-0.3, -0.25) is 0 Å². The van der Waals surface area contributed by atoms with Crippen molar-refractivity contribution in [2.24, 2.45) is 0 Å². The number of hydrogen-bond acceptors (Lipinski definition) is 8. The van der Waals surface area contributed by atoms with Crippen LogP contribution in [0.3, 0.4) is 0 Å². The first-order chi connectivity index (χ1) is 9.72. The van der Waals surface area contributed by atoms with E-state index in [1.54, 1.807) is 21.0 Å². The Hall–Kier alpha value is -1.23. The highest BCUT2D eigenvalue weighted by Gasteiger charge is 2.22. The fourth-order valence-electron chi connectivity index (χ4n) is 1.60. The number of hydrogen-bond donors (Lipinski definition) is 3. The van der Waals surface area contributed by atoms with Crippen molar-refractivity contribution in [3.05, 3.63) is 5.89 Å². The zero-order valence-electron chi connectivity index (χ0n) is 12.8. The largest absolute Gasteiger partial charge is 0.407 e. The van der Waals surface area contributed by atoms with Crippen molar-refractivity contribution in [3.63, 3.8) is 0 Å². The van der Waals surface area contributed by atoms with Crippen LogP contribution in [0.4, 0.5) is 6.01 Å². The molecule has 0 bridgehead atoms. The molecule has 0 fully saturated rings. The Bertz CT molecular complexity index is 528. The van der Waals surface area contributed by atoms with Gasteiger partial charge in [0.15, 0.2) is 0 Å². The lowest BCUT2D eigenvalue weighted by atomic mass is 10.1. The highest BCUT2D eigenvalue weighted by atomic mass is 32.2. The second-order valence-electron chi connectivity index (χ2n) is 5.28. The number of methoxy groups -OCH3 is 1. The Morgan fingerprint density at radius 2 is 2.05 bits per heavy atom. The van der Waals surface area contributed by atoms with Gasteiger partial charge < -0.3 is 19.8 Å². The van der Waals surface area contributed by atoms with Gasteiger partial charge >= 0.3 is 6.01 Å². The molecule has 0 aliphatic carbocycles. The molecule has 0 amide bonds. The average Bonchev–Trinajstić information content (AvgIpc) is 2.77. The number of anilines is 1. The van der Waals surface area contributed by atoms with Crippen LogP contribution in [0.2, 0.25) is 0 Å². The standard InChI is InChI=1S/C11H23N5O4S/c1-11(2,16-21(4,17)18)8-13-10-15-14-9(20-10)7-12-5-6-19-3/h12,16H,5-8H2,1-4H3,(H,13,15). The quantitative estimate of drug-likeness (QED) is 0.496. The first kappa shape index (κ1) is 17.8. The summed E-state index contributed by atoms with van der Waals surface area (Å²) in [5, 5.41) is 13.7. The summed E-state index contributed by atoms with van der Waals surface area (Å²) >= 11 is 0. The summed E-state index contributed by atoms with van der Waals surface area (Å²) in [6, 6.07) is 0.252. The second-order valence-corrected chi connectivity index (χ2v) is 7.03. The number of nitrogens with one attached hydrogen (secondary N) is 3. The summed E-state index contributed by atoms with van der Waals surface area (Å²) < 4.78 is 35.2. The minimum absolute atomic E-state index is 0.252. The van der Waals surface area contributed by atoms with Crippen molar-refractivity contribution in [1.29, 1.82) is 0 Å². The van der Waals surface area contributed by atoms with Crippen molar-refractivity contribution >= 4 is 16.0 Å². The van der Waals surface area contributed by atoms with E-state index in [2.05, 4.69) is 25.6 Å². The molecular formula is C11H23N5O4S. The highest BCUT2D eigenvalue weighted by molar-refractivity contribution is 7.88. The predicted octanol–water partition coefficient (Wildman–Crippen LogP) is -0.455. The normalized spacial score (nSPS) is 12.6. The number of ether oxygens (including phenoxy) is 1. The van der Waals surface area contributed by atoms with Gasteiger partial charge in [-0.1, -0.05) is 5.10 Å². The van der Waals surface area contributed by atoms with Crippen LogP contribution in [0.1, 0.15) is 19.7 Å². The Labute approximate surface area is 124 Å². The third-order valence-electron chi connectivity index (χ3n) is 2.37. The molecule has 1 aromatic heterocycles. The number of rotatable bonds is 10. The van der Waals surface area contributed by atoms with Gasteiger partial charge in [0.2, 0.25) is 15.9 Å². The molecule has 1 aromatic rings. The van der Waals surface area contributed by atoms with Gasteiger partial charge in [-0.05, 0) is 13.8 Å². The monoisotopic (exact) mass is 321 g/mol. The molecule has 0 radical (unpaired) electrons. The van der Waals surface area contributed by atoms with Crippen LogP contribution in [0.15, 0.2) is 4.42 Å². The zero-order chi connectivity index (χ0) is 15.9. The highest BCUT2D eigenvalue weighted by Crippen LogP contribution is 2.09. The zero-order valence-corrected chi connectivity index (χ0v) is 13.6. The van der Waals surface area contributed by atoms with Crippen LogP contribution in [-0.2, 0) is 21.3 Å². The minimum Gasteiger partial charge on any atom is -0.407 e. The first-order valence-electron chi connectivity index (χ1n) is 6.47. The summed E-state index contributed by atoms with van der Waals surface area (Å²) in [6.45, 7) is 5.56. The molecule has 9 nitrogen and oxygen atoms in total. The van der Waals surface area contributed by atoms with Crippen LogP contribution < -0.4 is 15.4 Å². The number of nitrogens with zero attached hydrogens (tertiary/aromatic N) is 2. The molecule has 1 rings (SSSR count). The molecule has 10 heteroatoms. The Balaban J connectivity index is 2.40. The molecule has 0 saturated carbocycles. The van der Waals surface area contributed by atoms with E-state index in [4.69, 9.17) is 9.15 Å². The molecule has 0 saturated heterocycles. The van der Waals surface area contributed by atoms with E-state index >= 15 is 0 Å². The minimum atomic E-state index is -3.28. The molecule has 0 atom stereocenters. The van der Waals surface area contributed by atoms with Crippen molar-refractivity contribution in [2.75, 3.05) is 38.4 Å². The van der Waals surface area contributed by atoms with Gasteiger partial charge in [-0.2, -0.15) is 0 Å². The number of aromatic nitrogens is 2. The van der Waals surface area contributed by atoms with E-state index < -0.39 is 15.6 Å². The van der Waals surface area contributed by atoms with Crippen LogP contribution in [0.25, 0.3) is 0 Å². The molecule has 3 N–H and O–H groups in total. The summed E-state index contributed by atoms with van der Waals surface area (Å²) in [5.74, 6) is 0.447. The maximum atomic E-state index is 11.2. The van der Waals surface area contributed by atoms with Crippen molar-refractivity contribution in [3.8, 4) is 0 Å². The molecule has 0 aliphatic heterocycles. The third-order valence-corrected chi connectivity index (χ3v) is 3.29. The fourth-order valence-corrected chi connectivity index (χ4v) is 2.68. The van der Waals surface area contributed by atoms with E-state index in [9.17, 15) is 8.42 Å². The van der Waals surface area contributed by atoms with Crippen LogP contribution in [-0.4, -0.2) is 57.2 Å². The van der Waals surface area contributed by atoms with Gasteiger partial charge in [0.05, 0.1) is 19.4 Å². The molecule has 0 aromatic carbocycles. The predicted molar refractivity (Wildman–Crippen MR) is 78.4 cm³/mol. The Morgan fingerprint density at radius 1 is 1.33 bits per heavy atom. The summed E-state index contributed by atoms with van der Waals surface area (Å²) in [5.41, 5.74) is -0.668. The average molecular weight is 321 g/mol. The molecule has 1 heterocycles. The van der Waals surface area contributed by atoms with Gasteiger partial charge in [0, 0.05) is 25.7 Å². The summed E-state index contributed by atoms with van der Waals surface area (Å²) in [4.78, 5) is 0. The third kappa shape index (κ3) is 7.95. The van der Waals surface area contributed by atoms with Crippen LogP contribution in [0.5, 0.6) is 0 Å². The SMILES string of the molecule is COCCNCc1nnc(NCC(C)(C)NS(C)(=O)=O)o1. The van der Waals surface area contributed by atoms with E-state index in [0.29, 0.717) is 32.1 Å². The van der Waals surface area contributed by atoms with Crippen LogP contribution >= 0.6 is 0 Å². The Kier molecular flexibility index (Phi) is 6.52. The van der Waals surface area contributed by atoms with E-state index in [-0.39, 0.29) is 6.01 Å². The maximum Gasteiger partial charge on any atom is 0.315 e. The topological polar surface area (TPSA) is 118 Å². The van der Waals surface area contributed by atoms with Crippen LogP contribution in [0, 0.1) is 0 Å². The first-order valence-corrected chi connectivity index (χ1v) is 8.36. The molecule has 0 aliphatic rings. The van der Waals surface area contributed by atoms with E-state index in [0.717, 1.165) is 6.26 Å². The maximum absolute atomic E-state index is 11.2. The van der Waals surface area contributed by atoms with Gasteiger partial charge in [0.1, 0.15) is 0 Å². The molecule has 122 valence electrons. The Morgan fingerprint density at radius 3 is 2.67 bits per heavy atom. The molecule has 0 spiro atoms. The van der Waals surface area contributed by atoms with Crippen molar-refractivity contribution in [1.82, 2.24) is 20.2 Å². The lowest BCUT2D eigenvalue weighted by molar-refractivity contribution is 0.198. The van der Waals surface area contributed by atoms with Gasteiger partial charge in [0.25, 0.3) is 0 Å². The van der Waals surface area contributed by atoms with Crippen molar-refractivity contribution < 1.29 is 17.6 Å². The van der Waals surface area contributed by atoms with E-state index in [1.807, 2.05) is 0 Å². The second kappa shape index (κ2) is 7.69. The lowest BCUT2D eigenvalue weighted by Gasteiger charge is -2.24. The van der Waals surface area contributed by atoms with E-state index in [1.165, 1.54) is 0 Å². The van der Waals surface area contributed by atoms with Crippen molar-refractivity contribution in [2.45, 2.75) is 25.9 Å². The summed E-state index contributed by atoms with van der Waals surface area (Å²) in [6.07, 6.45) is 1.12. The fraction of sp³-hybridized carbons (Fsp3) is 0.818.